The zero-order valence-corrected chi connectivity index (χ0v) is 23.0. The highest BCUT2D eigenvalue weighted by molar-refractivity contribution is 5.85. The van der Waals surface area contributed by atoms with Crippen molar-refractivity contribution in [1.82, 2.24) is 0 Å². The number of rotatable bonds is 4. The highest BCUT2D eigenvalue weighted by atomic mass is 16.7. The lowest BCUT2D eigenvalue weighted by atomic mass is 9.43. The van der Waals surface area contributed by atoms with Crippen LogP contribution in [0.4, 0.5) is 0 Å². The summed E-state index contributed by atoms with van der Waals surface area (Å²) >= 11 is 0. The van der Waals surface area contributed by atoms with E-state index in [0.29, 0.717) is 30.8 Å². The molecule has 0 bridgehead atoms. The summed E-state index contributed by atoms with van der Waals surface area (Å²) in [5.41, 5.74) is 0.461. The fraction of sp³-hybridized carbons (Fsp3) is 0.900. The van der Waals surface area contributed by atoms with Crippen LogP contribution in [0.2, 0.25) is 0 Å². The van der Waals surface area contributed by atoms with Crippen molar-refractivity contribution in [1.29, 1.82) is 0 Å². The van der Waals surface area contributed by atoms with Gasteiger partial charge in [-0.3, -0.25) is 0 Å². The lowest BCUT2D eigenvalue weighted by Gasteiger charge is -2.64. The zero-order chi connectivity index (χ0) is 26.2. The van der Waals surface area contributed by atoms with Crippen LogP contribution < -0.4 is 0 Å². The van der Waals surface area contributed by atoms with E-state index in [1.54, 1.807) is 13.2 Å². The molecule has 6 rings (SSSR count). The molecule has 2 N–H and O–H groups in total. The average molecular weight is 519 g/mol. The summed E-state index contributed by atoms with van der Waals surface area (Å²) in [7, 11) is 1.64. The highest BCUT2D eigenvalue weighted by Crippen LogP contribution is 2.70. The fourth-order valence-corrected chi connectivity index (χ4v) is 10.0. The molecule has 4 aliphatic carbocycles. The van der Waals surface area contributed by atoms with Crippen LogP contribution in [0.1, 0.15) is 85.0 Å². The van der Waals surface area contributed by atoms with Crippen molar-refractivity contribution in [2.45, 2.75) is 121 Å². The molecule has 0 unspecified atom stereocenters. The van der Waals surface area contributed by atoms with Crippen LogP contribution in [0.5, 0.6) is 0 Å². The largest absolute Gasteiger partial charge is 0.458 e. The van der Waals surface area contributed by atoms with Crippen molar-refractivity contribution in [2.75, 3.05) is 13.7 Å². The molecule has 0 radical (unpaired) electrons. The Morgan fingerprint density at radius 3 is 2.57 bits per heavy atom. The fourth-order valence-electron chi connectivity index (χ4n) is 10.0. The van der Waals surface area contributed by atoms with E-state index in [9.17, 15) is 15.0 Å². The molecule has 6 aliphatic rings. The van der Waals surface area contributed by atoms with E-state index in [4.69, 9.17) is 18.9 Å². The number of fused-ring (bicyclic) bond motifs is 5. The van der Waals surface area contributed by atoms with Gasteiger partial charge in [-0.2, -0.15) is 0 Å². The number of methoxy groups -OCH3 is 1. The Morgan fingerprint density at radius 2 is 1.84 bits per heavy atom. The Bertz CT molecular complexity index is 935. The lowest BCUT2D eigenvalue weighted by molar-refractivity contribution is -0.273. The maximum Gasteiger partial charge on any atom is 0.331 e. The Kier molecular flexibility index (Phi) is 6.59. The van der Waals surface area contributed by atoms with Gasteiger partial charge >= 0.3 is 5.97 Å². The topological polar surface area (TPSA) is 94.5 Å². The Balaban J connectivity index is 1.15. The van der Waals surface area contributed by atoms with Gasteiger partial charge in [0.15, 0.2) is 6.29 Å². The van der Waals surface area contributed by atoms with E-state index >= 15 is 0 Å². The first kappa shape index (κ1) is 26.2. The number of carbonyl (C=O) groups excluding carboxylic acids is 1. The second-order valence-electron chi connectivity index (χ2n) is 13.6. The molecule has 0 aromatic carbocycles. The Hall–Kier alpha value is -0.990. The number of hydrogen-bond donors (Lipinski definition) is 2. The minimum absolute atomic E-state index is 0.166. The summed E-state index contributed by atoms with van der Waals surface area (Å²) in [4.78, 5) is 11.8. The second kappa shape index (κ2) is 9.29. The predicted octanol–water partition coefficient (Wildman–Crippen LogP) is 4.14. The summed E-state index contributed by atoms with van der Waals surface area (Å²) < 4.78 is 23.2. The molecule has 37 heavy (non-hydrogen) atoms. The van der Waals surface area contributed by atoms with Crippen LogP contribution >= 0.6 is 0 Å². The number of hydrogen-bond acceptors (Lipinski definition) is 7. The van der Waals surface area contributed by atoms with Gasteiger partial charge < -0.3 is 29.2 Å². The minimum Gasteiger partial charge on any atom is -0.458 e. The van der Waals surface area contributed by atoms with E-state index < -0.39 is 11.7 Å². The highest BCUT2D eigenvalue weighted by Gasteiger charge is 2.67. The van der Waals surface area contributed by atoms with Crippen LogP contribution in [-0.4, -0.2) is 66.2 Å². The van der Waals surface area contributed by atoms with Crippen molar-refractivity contribution in [3.05, 3.63) is 11.6 Å². The third-order valence-electron chi connectivity index (χ3n) is 12.2. The number of cyclic esters (lactones) is 1. The molecule has 0 aromatic rings. The van der Waals surface area contributed by atoms with Gasteiger partial charge in [0.1, 0.15) is 12.7 Å². The van der Waals surface area contributed by atoms with Crippen molar-refractivity contribution in [3.8, 4) is 0 Å². The van der Waals surface area contributed by atoms with E-state index in [-0.39, 0.29) is 47.3 Å². The molecule has 4 saturated carbocycles. The first-order valence-electron chi connectivity index (χ1n) is 14.7. The van der Waals surface area contributed by atoms with Gasteiger partial charge in [0, 0.05) is 25.0 Å². The molecular weight excluding hydrogens is 472 g/mol. The molecule has 2 heterocycles. The van der Waals surface area contributed by atoms with E-state index in [2.05, 4.69) is 13.8 Å². The Labute approximate surface area is 221 Å². The summed E-state index contributed by atoms with van der Waals surface area (Å²) in [6.45, 7) is 7.07. The van der Waals surface area contributed by atoms with Crippen LogP contribution in [0.15, 0.2) is 11.6 Å². The van der Waals surface area contributed by atoms with Gasteiger partial charge in [-0.15, -0.1) is 0 Å². The SMILES string of the molecule is CO[C@@H]1C[C@H](O[C@H]2CC[C@@]3(C)[C@@H](CC[C@@H]4[C@@H]3CC[C@]3(C)[C@@H](C5=CC(=O)OC5)CC[C@@]43O)C2)O[C@H](C)[C@H]1O. The van der Waals surface area contributed by atoms with Crippen LogP contribution in [0, 0.1) is 34.5 Å². The molecule has 208 valence electrons. The molecule has 1 saturated heterocycles. The average Bonchev–Trinajstić information content (AvgIpc) is 3.41. The molecule has 2 aliphatic heterocycles. The van der Waals surface area contributed by atoms with Crippen molar-refractivity contribution in [2.24, 2.45) is 34.5 Å². The zero-order valence-electron chi connectivity index (χ0n) is 23.0. The summed E-state index contributed by atoms with van der Waals surface area (Å²) in [5, 5.41) is 22.7. The van der Waals surface area contributed by atoms with Gasteiger partial charge in [0.25, 0.3) is 0 Å². The number of carbonyl (C=O) groups is 1. The van der Waals surface area contributed by atoms with E-state index in [0.717, 1.165) is 63.4 Å². The first-order valence-corrected chi connectivity index (χ1v) is 14.7. The van der Waals surface area contributed by atoms with Crippen molar-refractivity contribution < 1.29 is 34.0 Å². The molecule has 7 nitrogen and oxygen atoms in total. The number of esters is 1. The van der Waals surface area contributed by atoms with Crippen LogP contribution in [0.25, 0.3) is 0 Å². The second-order valence-corrected chi connectivity index (χ2v) is 13.6. The van der Waals surface area contributed by atoms with Gasteiger partial charge in [-0.1, -0.05) is 13.8 Å². The normalized spacial score (nSPS) is 53.6. The monoisotopic (exact) mass is 518 g/mol. The van der Waals surface area contributed by atoms with Crippen molar-refractivity contribution in [3.63, 3.8) is 0 Å². The summed E-state index contributed by atoms with van der Waals surface area (Å²) in [6, 6.07) is 0. The first-order chi connectivity index (χ1) is 17.6. The van der Waals surface area contributed by atoms with Gasteiger partial charge in [0.05, 0.1) is 23.9 Å². The van der Waals surface area contributed by atoms with E-state index in [1.165, 1.54) is 0 Å². The molecule has 7 heteroatoms. The molecular formula is C30H46O7. The smallest absolute Gasteiger partial charge is 0.331 e. The quantitative estimate of drug-likeness (QED) is 0.427. The molecule has 5 fully saturated rings. The van der Waals surface area contributed by atoms with Gasteiger partial charge in [-0.25, -0.2) is 4.79 Å². The van der Waals surface area contributed by atoms with Crippen molar-refractivity contribution >= 4 is 5.97 Å². The van der Waals surface area contributed by atoms with Gasteiger partial charge in [-0.05, 0) is 99.4 Å². The standard InChI is InChI=1S/C30H46O7/c1-17-27(32)24(34-4)15-26(36-17)37-20-7-10-28(2)19(14-20)5-6-23-22(28)8-11-29(3)21(9-12-30(23,29)33)18-13-25(31)35-16-18/h13,17,19-24,26-27,32-33H,5-12,14-16H2,1-4H3/t17-,19+,20+,21-,22+,23-,24-,26+,27-,28+,29-,30-/m1/s1. The van der Waals surface area contributed by atoms with Crippen LogP contribution in [0.3, 0.4) is 0 Å². The number of aliphatic hydroxyl groups excluding tert-OH is 1. The minimum atomic E-state index is -0.670. The third-order valence-corrected chi connectivity index (χ3v) is 12.2. The number of aliphatic hydroxyl groups is 2. The lowest BCUT2D eigenvalue weighted by Crippen LogP contribution is -2.62. The molecule has 0 spiro atoms. The third kappa shape index (κ3) is 3.97. The molecule has 0 aromatic heterocycles. The maximum atomic E-state index is 12.4. The van der Waals surface area contributed by atoms with Gasteiger partial charge in [0.2, 0.25) is 0 Å². The Morgan fingerprint density at radius 1 is 1.03 bits per heavy atom. The van der Waals surface area contributed by atoms with Crippen LogP contribution in [-0.2, 0) is 23.7 Å². The summed E-state index contributed by atoms with van der Waals surface area (Å²) in [5.74, 6) is 1.45. The summed E-state index contributed by atoms with van der Waals surface area (Å²) in [6.07, 6.45) is 10.2. The molecule has 12 atom stereocenters. The molecule has 0 amide bonds. The predicted molar refractivity (Wildman–Crippen MR) is 136 cm³/mol. The van der Waals surface area contributed by atoms with E-state index in [1.807, 2.05) is 6.92 Å². The maximum absolute atomic E-state index is 12.4. The number of ether oxygens (including phenoxy) is 4.